The highest BCUT2D eigenvalue weighted by Gasteiger charge is 2.50. The van der Waals surface area contributed by atoms with E-state index in [2.05, 4.69) is 22.5 Å². The number of fused-ring (bicyclic) bond motifs is 2. The van der Waals surface area contributed by atoms with Crippen LogP contribution < -0.4 is 0 Å². The Hall–Kier alpha value is -3.27. The van der Waals surface area contributed by atoms with Crippen molar-refractivity contribution in [2.24, 2.45) is 0 Å². The summed E-state index contributed by atoms with van der Waals surface area (Å²) in [6.45, 7) is 5.68. The molecule has 8 nitrogen and oxygen atoms in total. The van der Waals surface area contributed by atoms with Crippen molar-refractivity contribution in [3.8, 4) is 0 Å². The zero-order chi connectivity index (χ0) is 26.7. The van der Waals surface area contributed by atoms with Crippen LogP contribution >= 0.6 is 11.3 Å². The van der Waals surface area contributed by atoms with Crippen LogP contribution in [0.2, 0.25) is 0 Å². The molecule has 0 radical (unpaired) electrons. The van der Waals surface area contributed by atoms with Crippen molar-refractivity contribution < 1.29 is 19.4 Å². The topological polar surface area (TPSA) is 87.4 Å². The van der Waals surface area contributed by atoms with E-state index in [1.807, 2.05) is 57.8 Å². The molecule has 2 atom stereocenters. The van der Waals surface area contributed by atoms with Gasteiger partial charge >= 0.3 is 5.97 Å². The van der Waals surface area contributed by atoms with Crippen molar-refractivity contribution in [3.05, 3.63) is 71.5 Å². The minimum Gasteiger partial charge on any atom is -0.466 e. The molecular formula is C29H34N4O4S. The van der Waals surface area contributed by atoms with Crippen LogP contribution in [0.15, 0.2) is 60.4 Å². The van der Waals surface area contributed by atoms with Crippen molar-refractivity contribution >= 4 is 38.9 Å². The largest absolute Gasteiger partial charge is 0.466 e. The summed E-state index contributed by atoms with van der Waals surface area (Å²) in [6.07, 6.45) is 6.54. The number of aromatic nitrogens is 2. The van der Waals surface area contributed by atoms with Gasteiger partial charge in [-0.05, 0) is 66.8 Å². The van der Waals surface area contributed by atoms with Gasteiger partial charge in [-0.15, -0.1) is 11.3 Å². The van der Waals surface area contributed by atoms with Crippen molar-refractivity contribution in [2.45, 2.75) is 57.8 Å². The molecule has 5 rings (SSSR count). The average molecular weight is 535 g/mol. The Labute approximate surface area is 226 Å². The molecule has 0 aliphatic carbocycles. The first-order chi connectivity index (χ1) is 18.4. The Morgan fingerprint density at radius 2 is 2.11 bits per heavy atom. The van der Waals surface area contributed by atoms with Crippen LogP contribution in [-0.4, -0.2) is 67.6 Å². The second-order valence-corrected chi connectivity index (χ2v) is 11.0. The van der Waals surface area contributed by atoms with Gasteiger partial charge in [0.05, 0.1) is 18.6 Å². The van der Waals surface area contributed by atoms with Gasteiger partial charge in [0.2, 0.25) is 5.91 Å². The zero-order valence-electron chi connectivity index (χ0n) is 21.9. The Morgan fingerprint density at radius 3 is 2.89 bits per heavy atom. The molecule has 0 bridgehead atoms. The van der Waals surface area contributed by atoms with Crippen molar-refractivity contribution in [3.63, 3.8) is 0 Å². The third kappa shape index (κ3) is 5.32. The Bertz CT molecular complexity index is 1430. The van der Waals surface area contributed by atoms with Crippen LogP contribution in [0.25, 0.3) is 15.7 Å². The lowest BCUT2D eigenvalue weighted by Crippen LogP contribution is -2.70. The zero-order valence-corrected chi connectivity index (χ0v) is 22.7. The number of esters is 1. The predicted octanol–water partition coefficient (Wildman–Crippen LogP) is 4.25. The van der Waals surface area contributed by atoms with E-state index < -0.39 is 11.8 Å². The lowest BCUT2D eigenvalue weighted by molar-refractivity contribution is -0.178. The second-order valence-electron chi connectivity index (χ2n) is 10.1. The van der Waals surface area contributed by atoms with Gasteiger partial charge in [-0.1, -0.05) is 18.2 Å². The monoisotopic (exact) mass is 534 g/mol. The molecule has 3 aromatic heterocycles. The molecule has 200 valence electrons. The highest BCUT2D eigenvalue weighted by molar-refractivity contribution is 7.17. The summed E-state index contributed by atoms with van der Waals surface area (Å²) in [5.41, 5.74) is 2.14. The molecule has 9 heteroatoms. The van der Waals surface area contributed by atoms with E-state index in [4.69, 9.17) is 4.74 Å². The maximum Gasteiger partial charge on any atom is 0.305 e. The Morgan fingerprint density at radius 1 is 1.26 bits per heavy atom. The Kier molecular flexibility index (Phi) is 7.78. The number of benzene rings is 1. The third-order valence-electron chi connectivity index (χ3n) is 7.54. The van der Waals surface area contributed by atoms with Crippen molar-refractivity contribution in [2.75, 3.05) is 19.7 Å². The van der Waals surface area contributed by atoms with Gasteiger partial charge in [0.1, 0.15) is 11.9 Å². The summed E-state index contributed by atoms with van der Waals surface area (Å²) in [6, 6.07) is 12.1. The number of ether oxygens (including phenoxy) is 1. The standard InChI is InChI=1S/C29H34N4O4S/c1-3-37-27(35)9-6-13-32(19-21-10-14-31-16-12-30-25(31)17-21)28(36)29(2)11-15-33(29)26(34)18-22-20-38-24-8-5-4-7-23(22)24/h4-5,7-8,10,12,14,16-17,20,28,36H,3,6,9,11,13,15,18-19H2,1-2H3. The van der Waals surface area contributed by atoms with E-state index in [0.29, 0.717) is 45.5 Å². The maximum absolute atomic E-state index is 13.5. The molecule has 1 aliphatic rings. The van der Waals surface area contributed by atoms with E-state index in [-0.39, 0.29) is 18.3 Å². The van der Waals surface area contributed by atoms with Crippen molar-refractivity contribution in [1.29, 1.82) is 0 Å². The number of aliphatic hydroxyl groups excluding tert-OH is 1. The van der Waals surface area contributed by atoms with Gasteiger partial charge in [0.25, 0.3) is 0 Å². The van der Waals surface area contributed by atoms with E-state index in [1.165, 1.54) is 4.70 Å². The average Bonchev–Trinajstić information content (AvgIpc) is 3.53. The van der Waals surface area contributed by atoms with Crippen molar-refractivity contribution in [1.82, 2.24) is 19.2 Å². The smallest absolute Gasteiger partial charge is 0.305 e. The van der Waals surface area contributed by atoms with Gasteiger partial charge in [0, 0.05) is 49.3 Å². The van der Waals surface area contributed by atoms with Gasteiger partial charge in [0.15, 0.2) is 0 Å². The SMILES string of the molecule is CCOC(=O)CCCN(Cc1ccn2ccnc2c1)C(O)C1(C)CCN1C(=O)Cc1csc2ccccc12. The van der Waals surface area contributed by atoms with E-state index in [9.17, 15) is 14.7 Å². The number of carbonyl (C=O) groups is 2. The summed E-state index contributed by atoms with van der Waals surface area (Å²) in [4.78, 5) is 33.6. The number of rotatable bonds is 11. The van der Waals surface area contributed by atoms with Gasteiger partial charge in [-0.3, -0.25) is 14.5 Å². The number of likely N-dealkylation sites (tertiary alicyclic amines) is 1. The number of imidazole rings is 1. The van der Waals surface area contributed by atoms with E-state index in [1.54, 1.807) is 24.5 Å². The van der Waals surface area contributed by atoms with Crippen LogP contribution in [0.1, 0.15) is 44.2 Å². The highest BCUT2D eigenvalue weighted by atomic mass is 32.1. The fourth-order valence-corrected chi connectivity index (χ4v) is 6.27. The molecular weight excluding hydrogens is 500 g/mol. The second kappa shape index (κ2) is 11.2. The number of hydrogen-bond acceptors (Lipinski definition) is 7. The van der Waals surface area contributed by atoms with Crippen LogP contribution in [-0.2, 0) is 27.3 Å². The molecule has 1 aliphatic heterocycles. The molecule has 1 N–H and O–H groups in total. The minimum absolute atomic E-state index is 0.0200. The lowest BCUT2D eigenvalue weighted by atomic mass is 9.83. The lowest BCUT2D eigenvalue weighted by Gasteiger charge is -2.55. The van der Waals surface area contributed by atoms with E-state index >= 15 is 0 Å². The van der Waals surface area contributed by atoms with Crippen LogP contribution in [0.4, 0.5) is 0 Å². The number of pyridine rings is 1. The quantitative estimate of drug-likeness (QED) is 0.229. The van der Waals surface area contributed by atoms with Gasteiger partial charge < -0.3 is 19.1 Å². The van der Waals surface area contributed by atoms with Gasteiger partial charge in [-0.2, -0.15) is 0 Å². The maximum atomic E-state index is 13.5. The van der Waals surface area contributed by atoms with Crippen LogP contribution in [0.5, 0.6) is 0 Å². The van der Waals surface area contributed by atoms with Gasteiger partial charge in [-0.25, -0.2) is 4.98 Å². The molecule has 1 fully saturated rings. The number of carbonyl (C=O) groups excluding carboxylic acids is 2. The molecule has 4 aromatic rings. The van der Waals surface area contributed by atoms with Crippen LogP contribution in [0, 0.1) is 0 Å². The number of nitrogens with zero attached hydrogens (tertiary/aromatic N) is 4. The number of aliphatic hydroxyl groups is 1. The fraction of sp³-hybridized carbons (Fsp3) is 0.414. The minimum atomic E-state index is -0.891. The Balaban J connectivity index is 1.32. The first-order valence-corrected chi connectivity index (χ1v) is 14.0. The summed E-state index contributed by atoms with van der Waals surface area (Å²) in [5.74, 6) is -0.220. The number of amides is 1. The molecule has 1 aromatic carbocycles. The number of hydrogen-bond donors (Lipinski definition) is 1. The summed E-state index contributed by atoms with van der Waals surface area (Å²) >= 11 is 1.65. The van der Waals surface area contributed by atoms with Crippen LogP contribution in [0.3, 0.4) is 0 Å². The molecule has 4 heterocycles. The summed E-state index contributed by atoms with van der Waals surface area (Å²) < 4.78 is 8.19. The summed E-state index contributed by atoms with van der Waals surface area (Å²) in [5, 5.41) is 14.9. The fourth-order valence-electron chi connectivity index (χ4n) is 5.31. The molecule has 2 unspecified atom stereocenters. The first kappa shape index (κ1) is 26.3. The third-order valence-corrected chi connectivity index (χ3v) is 8.56. The first-order valence-electron chi connectivity index (χ1n) is 13.1. The number of thiophene rings is 1. The molecule has 0 saturated carbocycles. The highest BCUT2D eigenvalue weighted by Crippen LogP contribution is 2.37. The molecule has 1 amide bonds. The van der Waals surface area contributed by atoms with E-state index in [0.717, 1.165) is 22.2 Å². The molecule has 0 spiro atoms. The summed E-state index contributed by atoms with van der Waals surface area (Å²) in [7, 11) is 0. The predicted molar refractivity (Wildman–Crippen MR) is 148 cm³/mol. The normalized spacial score (nSPS) is 18.2. The molecule has 38 heavy (non-hydrogen) atoms. The molecule has 1 saturated heterocycles.